The van der Waals surface area contributed by atoms with E-state index in [0.717, 1.165) is 12.8 Å². The first-order valence-electron chi connectivity index (χ1n) is 6.69. The second-order valence-electron chi connectivity index (χ2n) is 5.01. The van der Waals surface area contributed by atoms with Crippen LogP contribution in [0.5, 0.6) is 5.88 Å². The van der Waals surface area contributed by atoms with Gasteiger partial charge in [0.05, 0.1) is 5.39 Å². The molecule has 21 heavy (non-hydrogen) atoms. The van der Waals surface area contributed by atoms with Crippen LogP contribution in [0.25, 0.3) is 10.8 Å². The molecule has 1 aliphatic heterocycles. The van der Waals surface area contributed by atoms with E-state index in [4.69, 9.17) is 5.11 Å². The van der Waals surface area contributed by atoms with Crippen molar-refractivity contribution in [1.82, 2.24) is 20.1 Å². The highest BCUT2D eigenvalue weighted by Gasteiger charge is 2.24. The Morgan fingerprint density at radius 3 is 3.05 bits per heavy atom. The summed E-state index contributed by atoms with van der Waals surface area (Å²) >= 11 is 0. The number of fused-ring (bicyclic) bond motifs is 1. The van der Waals surface area contributed by atoms with E-state index in [1.54, 1.807) is 18.5 Å². The van der Waals surface area contributed by atoms with Crippen molar-refractivity contribution in [3.63, 3.8) is 0 Å². The van der Waals surface area contributed by atoms with Crippen LogP contribution in [0.15, 0.2) is 18.5 Å². The van der Waals surface area contributed by atoms with Gasteiger partial charge in [-0.25, -0.2) is 4.79 Å². The number of pyridine rings is 1. The van der Waals surface area contributed by atoms with Crippen molar-refractivity contribution in [1.29, 1.82) is 0 Å². The molecule has 1 saturated heterocycles. The zero-order valence-electron chi connectivity index (χ0n) is 11.2. The lowest BCUT2D eigenvalue weighted by Gasteiger charge is -2.31. The third kappa shape index (κ3) is 2.64. The summed E-state index contributed by atoms with van der Waals surface area (Å²) in [5.41, 5.74) is 0. The number of hydrogen-bond donors (Lipinski definition) is 3. The maximum atomic E-state index is 11.0. The van der Waals surface area contributed by atoms with E-state index in [0.29, 0.717) is 29.7 Å². The minimum atomic E-state index is -0.912. The molecule has 8 nitrogen and oxygen atoms in total. The van der Waals surface area contributed by atoms with Gasteiger partial charge >= 0.3 is 6.09 Å². The highest BCUT2D eigenvalue weighted by molar-refractivity contribution is 5.93. The molecule has 0 bridgehead atoms. The third-order valence-electron chi connectivity index (χ3n) is 3.59. The van der Waals surface area contributed by atoms with Crippen molar-refractivity contribution in [2.75, 3.05) is 18.4 Å². The van der Waals surface area contributed by atoms with Gasteiger partial charge in [0.1, 0.15) is 0 Å². The van der Waals surface area contributed by atoms with Crippen LogP contribution < -0.4 is 5.32 Å². The van der Waals surface area contributed by atoms with Crippen molar-refractivity contribution in [2.24, 2.45) is 0 Å². The standard InChI is InChI=1S/C13H15N5O3/c19-12-9-3-4-14-6-10(9)11(16-17-12)15-8-2-1-5-18(7-8)13(20)21/h3-4,6,8H,1-2,5,7H2,(H,15,16)(H,17,19)(H,20,21). The van der Waals surface area contributed by atoms with Crippen molar-refractivity contribution >= 4 is 22.7 Å². The Balaban J connectivity index is 1.85. The highest BCUT2D eigenvalue weighted by Crippen LogP contribution is 2.26. The quantitative estimate of drug-likeness (QED) is 0.763. The number of hydrogen-bond acceptors (Lipinski definition) is 6. The molecule has 1 amide bonds. The molecule has 2 aromatic rings. The Labute approximate surface area is 120 Å². The van der Waals surface area contributed by atoms with Crippen molar-refractivity contribution < 1.29 is 15.0 Å². The van der Waals surface area contributed by atoms with Gasteiger partial charge in [0.2, 0.25) is 5.88 Å². The van der Waals surface area contributed by atoms with E-state index in [2.05, 4.69) is 20.5 Å². The zero-order valence-corrected chi connectivity index (χ0v) is 11.2. The number of rotatable bonds is 2. The Kier molecular flexibility index (Phi) is 3.43. The number of aromatic nitrogens is 3. The molecule has 1 aliphatic rings. The minimum absolute atomic E-state index is 0.0305. The molecular weight excluding hydrogens is 274 g/mol. The maximum Gasteiger partial charge on any atom is 0.407 e. The molecule has 0 saturated carbocycles. The van der Waals surface area contributed by atoms with E-state index in [-0.39, 0.29) is 11.9 Å². The van der Waals surface area contributed by atoms with Gasteiger partial charge in [-0.05, 0) is 18.9 Å². The van der Waals surface area contributed by atoms with Gasteiger partial charge in [-0.3, -0.25) is 4.98 Å². The second-order valence-corrected chi connectivity index (χ2v) is 5.01. The average Bonchev–Trinajstić information content (AvgIpc) is 2.51. The SMILES string of the molecule is O=C(O)N1CCCC(Nc2nnc(O)c3ccncc23)C1. The predicted molar refractivity (Wildman–Crippen MR) is 75.2 cm³/mol. The second kappa shape index (κ2) is 5.39. The average molecular weight is 289 g/mol. The Morgan fingerprint density at radius 1 is 1.38 bits per heavy atom. The van der Waals surface area contributed by atoms with Crippen LogP contribution in [0.2, 0.25) is 0 Å². The van der Waals surface area contributed by atoms with Crippen molar-refractivity contribution in [3.05, 3.63) is 18.5 Å². The van der Waals surface area contributed by atoms with E-state index >= 15 is 0 Å². The van der Waals surface area contributed by atoms with Gasteiger partial charge in [-0.2, -0.15) is 0 Å². The maximum absolute atomic E-state index is 11.0. The summed E-state index contributed by atoms with van der Waals surface area (Å²) in [6.45, 7) is 0.955. The molecule has 1 unspecified atom stereocenters. The number of nitrogens with zero attached hydrogens (tertiary/aromatic N) is 4. The number of anilines is 1. The molecule has 3 heterocycles. The van der Waals surface area contributed by atoms with E-state index < -0.39 is 6.09 Å². The fourth-order valence-corrected chi connectivity index (χ4v) is 2.55. The largest absolute Gasteiger partial charge is 0.492 e. The molecule has 0 aliphatic carbocycles. The van der Waals surface area contributed by atoms with Gasteiger partial charge in [0.15, 0.2) is 5.82 Å². The fraction of sp³-hybridized carbons (Fsp3) is 0.385. The van der Waals surface area contributed by atoms with Gasteiger partial charge < -0.3 is 20.4 Å². The molecule has 0 spiro atoms. The topological polar surface area (TPSA) is 111 Å². The lowest BCUT2D eigenvalue weighted by Crippen LogP contribution is -2.44. The summed E-state index contributed by atoms with van der Waals surface area (Å²) in [6.07, 6.45) is 3.91. The van der Waals surface area contributed by atoms with Crippen LogP contribution >= 0.6 is 0 Å². The van der Waals surface area contributed by atoms with Gasteiger partial charge in [-0.1, -0.05) is 0 Å². The number of amides is 1. The summed E-state index contributed by atoms with van der Waals surface area (Å²) in [6, 6.07) is 1.63. The Morgan fingerprint density at radius 2 is 2.24 bits per heavy atom. The Bertz CT molecular complexity index is 678. The number of nitrogens with one attached hydrogen (secondary N) is 1. The zero-order chi connectivity index (χ0) is 14.8. The molecule has 3 rings (SSSR count). The number of likely N-dealkylation sites (tertiary alicyclic amines) is 1. The lowest BCUT2D eigenvalue weighted by atomic mass is 10.1. The van der Waals surface area contributed by atoms with E-state index in [1.807, 2.05) is 0 Å². The molecule has 8 heteroatoms. The summed E-state index contributed by atoms with van der Waals surface area (Å²) in [5, 5.41) is 30.9. The van der Waals surface area contributed by atoms with Crippen LogP contribution in [0.4, 0.5) is 10.6 Å². The summed E-state index contributed by atoms with van der Waals surface area (Å²) in [5.74, 6) is 0.363. The normalized spacial score (nSPS) is 18.7. The third-order valence-corrected chi connectivity index (χ3v) is 3.59. The summed E-state index contributed by atoms with van der Waals surface area (Å²) in [4.78, 5) is 16.4. The number of piperidine rings is 1. The minimum Gasteiger partial charge on any atom is -0.492 e. The highest BCUT2D eigenvalue weighted by atomic mass is 16.4. The molecule has 110 valence electrons. The predicted octanol–water partition coefficient (Wildman–Crippen LogP) is 1.28. The van der Waals surface area contributed by atoms with Crippen LogP contribution in [0.1, 0.15) is 12.8 Å². The summed E-state index contributed by atoms with van der Waals surface area (Å²) in [7, 11) is 0. The molecular formula is C13H15N5O3. The fourth-order valence-electron chi connectivity index (χ4n) is 2.55. The first kappa shape index (κ1) is 13.3. The molecule has 1 atom stereocenters. The van der Waals surface area contributed by atoms with Gasteiger partial charge in [0.25, 0.3) is 0 Å². The molecule has 0 radical (unpaired) electrons. The monoisotopic (exact) mass is 289 g/mol. The van der Waals surface area contributed by atoms with E-state index in [9.17, 15) is 9.90 Å². The van der Waals surface area contributed by atoms with Crippen LogP contribution in [-0.4, -0.2) is 55.5 Å². The van der Waals surface area contributed by atoms with Crippen LogP contribution in [0, 0.1) is 0 Å². The van der Waals surface area contributed by atoms with E-state index in [1.165, 1.54) is 4.90 Å². The molecule has 2 aromatic heterocycles. The van der Waals surface area contributed by atoms with Crippen LogP contribution in [-0.2, 0) is 0 Å². The van der Waals surface area contributed by atoms with Gasteiger partial charge in [0, 0.05) is 36.9 Å². The molecule has 1 fully saturated rings. The first-order chi connectivity index (χ1) is 10.1. The molecule has 0 aromatic carbocycles. The number of carboxylic acid groups (broad SMARTS) is 1. The molecule has 3 N–H and O–H groups in total. The smallest absolute Gasteiger partial charge is 0.407 e. The number of carbonyl (C=O) groups is 1. The summed E-state index contributed by atoms with van der Waals surface area (Å²) < 4.78 is 0. The van der Waals surface area contributed by atoms with Gasteiger partial charge in [-0.15, -0.1) is 10.2 Å². The lowest BCUT2D eigenvalue weighted by molar-refractivity contribution is 0.133. The number of aromatic hydroxyl groups is 1. The van der Waals surface area contributed by atoms with Crippen LogP contribution in [0.3, 0.4) is 0 Å². The van der Waals surface area contributed by atoms with Crippen molar-refractivity contribution in [3.8, 4) is 5.88 Å². The Hall–Kier alpha value is -2.64. The van der Waals surface area contributed by atoms with Crippen molar-refractivity contribution in [2.45, 2.75) is 18.9 Å². The first-order valence-corrected chi connectivity index (χ1v) is 6.69.